The fraction of sp³-hybridized carbons (Fsp3) is 0.667. The van der Waals surface area contributed by atoms with Crippen LogP contribution in [0.2, 0.25) is 0 Å². The molecule has 1 aliphatic rings. The van der Waals surface area contributed by atoms with Gasteiger partial charge in [-0.15, -0.1) is 0 Å². The van der Waals surface area contributed by atoms with Crippen LogP contribution in [-0.2, 0) is 0 Å². The Kier molecular flexibility index (Phi) is 3.72. The average molecular weight is 220 g/mol. The summed E-state index contributed by atoms with van der Waals surface area (Å²) >= 11 is 0. The molecule has 88 valence electrons. The zero-order valence-electron chi connectivity index (χ0n) is 10.1. The lowest BCUT2D eigenvalue weighted by atomic mass is 10.2. The van der Waals surface area contributed by atoms with Crippen molar-refractivity contribution in [1.82, 2.24) is 15.3 Å². The Balaban J connectivity index is 2.07. The summed E-state index contributed by atoms with van der Waals surface area (Å²) in [7, 11) is 0. The molecule has 4 nitrogen and oxygen atoms in total. The van der Waals surface area contributed by atoms with E-state index in [1.54, 1.807) is 6.33 Å². The highest BCUT2D eigenvalue weighted by Crippen LogP contribution is 2.23. The first-order valence-corrected chi connectivity index (χ1v) is 6.07. The van der Waals surface area contributed by atoms with E-state index in [1.165, 1.54) is 12.8 Å². The molecule has 4 heteroatoms. The fourth-order valence-electron chi connectivity index (χ4n) is 2.26. The molecule has 1 N–H and O–H groups in total. The van der Waals surface area contributed by atoms with Crippen LogP contribution < -0.4 is 10.2 Å². The van der Waals surface area contributed by atoms with E-state index in [0.717, 1.165) is 31.1 Å². The highest BCUT2D eigenvalue weighted by Gasteiger charge is 2.24. The van der Waals surface area contributed by atoms with Gasteiger partial charge in [-0.25, -0.2) is 9.97 Å². The minimum Gasteiger partial charge on any atom is -0.352 e. The van der Waals surface area contributed by atoms with Crippen LogP contribution in [0.4, 0.5) is 5.82 Å². The van der Waals surface area contributed by atoms with Crippen molar-refractivity contribution in [1.29, 1.82) is 0 Å². The summed E-state index contributed by atoms with van der Waals surface area (Å²) in [6.45, 7) is 7.37. The van der Waals surface area contributed by atoms with Crippen molar-refractivity contribution < 1.29 is 0 Å². The molecule has 0 radical (unpaired) electrons. The van der Waals surface area contributed by atoms with E-state index in [4.69, 9.17) is 0 Å². The second-order valence-electron chi connectivity index (χ2n) is 4.31. The molecule has 0 amide bonds. The summed E-state index contributed by atoms with van der Waals surface area (Å²) in [5.74, 6) is 1.08. The van der Waals surface area contributed by atoms with Crippen molar-refractivity contribution in [3.8, 4) is 0 Å². The Morgan fingerprint density at radius 1 is 1.50 bits per heavy atom. The number of hydrogen-bond acceptors (Lipinski definition) is 4. The smallest absolute Gasteiger partial charge is 0.132 e. The normalized spacial score (nSPS) is 20.4. The molecule has 0 spiro atoms. The van der Waals surface area contributed by atoms with Crippen LogP contribution in [0.1, 0.15) is 25.5 Å². The zero-order chi connectivity index (χ0) is 11.4. The van der Waals surface area contributed by atoms with E-state index in [1.807, 2.05) is 6.92 Å². The van der Waals surface area contributed by atoms with E-state index < -0.39 is 0 Å². The van der Waals surface area contributed by atoms with Crippen LogP contribution in [0.15, 0.2) is 12.4 Å². The van der Waals surface area contributed by atoms with Gasteiger partial charge in [0.05, 0.1) is 0 Å². The van der Waals surface area contributed by atoms with Gasteiger partial charge in [-0.05, 0) is 26.3 Å². The minimum atomic E-state index is 0.592. The third-order valence-corrected chi connectivity index (χ3v) is 3.09. The topological polar surface area (TPSA) is 41.0 Å². The number of likely N-dealkylation sites (N-methyl/N-ethyl adjacent to an activating group) is 1. The summed E-state index contributed by atoms with van der Waals surface area (Å²) in [6.07, 6.45) is 4.18. The van der Waals surface area contributed by atoms with Gasteiger partial charge in [0, 0.05) is 30.9 Å². The van der Waals surface area contributed by atoms with Gasteiger partial charge in [-0.1, -0.05) is 6.92 Å². The predicted molar refractivity (Wildman–Crippen MR) is 65.7 cm³/mol. The van der Waals surface area contributed by atoms with Gasteiger partial charge in [-0.2, -0.15) is 0 Å². The summed E-state index contributed by atoms with van der Waals surface area (Å²) < 4.78 is 0. The largest absolute Gasteiger partial charge is 0.352 e. The van der Waals surface area contributed by atoms with Crippen LogP contribution in [-0.4, -0.2) is 35.6 Å². The maximum atomic E-state index is 4.37. The number of rotatable bonds is 4. The molecule has 2 heterocycles. The predicted octanol–water partition coefficient (Wildman–Crippen LogP) is 1.36. The summed E-state index contributed by atoms with van der Waals surface area (Å²) in [6, 6.07) is 2.67. The molecule has 1 aromatic heterocycles. The fourth-order valence-corrected chi connectivity index (χ4v) is 2.26. The van der Waals surface area contributed by atoms with Gasteiger partial charge < -0.3 is 10.2 Å². The Labute approximate surface area is 97.1 Å². The second kappa shape index (κ2) is 5.25. The van der Waals surface area contributed by atoms with Gasteiger partial charge in [0.2, 0.25) is 0 Å². The van der Waals surface area contributed by atoms with Crippen LogP contribution >= 0.6 is 0 Å². The molecule has 2 rings (SSSR count). The quantitative estimate of drug-likeness (QED) is 0.832. The number of hydrogen-bond donors (Lipinski definition) is 1. The number of aryl methyl sites for hydroxylation is 1. The molecule has 1 fully saturated rings. The molecule has 0 aromatic carbocycles. The van der Waals surface area contributed by atoms with Crippen molar-refractivity contribution in [2.45, 2.75) is 32.7 Å². The first-order chi connectivity index (χ1) is 7.81. The lowest BCUT2D eigenvalue weighted by Crippen LogP contribution is -2.38. The standard InChI is InChI=1S/C12H20N4/c1-3-13-8-11-5-4-6-16(11)12-7-10(2)14-9-15-12/h7,9,11,13H,3-6,8H2,1-2H3. The molecule has 1 saturated heterocycles. The molecular formula is C12H20N4. The van der Waals surface area contributed by atoms with Crippen molar-refractivity contribution in [2.24, 2.45) is 0 Å². The first-order valence-electron chi connectivity index (χ1n) is 6.07. The number of nitrogens with zero attached hydrogens (tertiary/aromatic N) is 3. The number of nitrogens with one attached hydrogen (secondary N) is 1. The van der Waals surface area contributed by atoms with Gasteiger partial charge in [-0.3, -0.25) is 0 Å². The van der Waals surface area contributed by atoms with E-state index in [0.29, 0.717) is 6.04 Å². The minimum absolute atomic E-state index is 0.592. The highest BCUT2D eigenvalue weighted by atomic mass is 15.2. The molecule has 0 saturated carbocycles. The molecule has 1 aliphatic heterocycles. The lowest BCUT2D eigenvalue weighted by Gasteiger charge is -2.25. The first kappa shape index (κ1) is 11.3. The molecule has 1 unspecified atom stereocenters. The van der Waals surface area contributed by atoms with Crippen LogP contribution in [0.3, 0.4) is 0 Å². The third kappa shape index (κ3) is 2.50. The highest BCUT2D eigenvalue weighted by molar-refractivity contribution is 5.41. The van der Waals surface area contributed by atoms with Gasteiger partial charge in [0.15, 0.2) is 0 Å². The van der Waals surface area contributed by atoms with Gasteiger partial charge >= 0.3 is 0 Å². The van der Waals surface area contributed by atoms with Crippen molar-refractivity contribution >= 4 is 5.82 Å². The Hall–Kier alpha value is -1.16. The Morgan fingerprint density at radius 3 is 3.12 bits per heavy atom. The summed E-state index contributed by atoms with van der Waals surface area (Å²) in [5, 5.41) is 3.42. The summed E-state index contributed by atoms with van der Waals surface area (Å²) in [4.78, 5) is 10.9. The Morgan fingerprint density at radius 2 is 2.38 bits per heavy atom. The van der Waals surface area contributed by atoms with Crippen molar-refractivity contribution in [3.05, 3.63) is 18.1 Å². The lowest BCUT2D eigenvalue weighted by molar-refractivity contribution is 0.584. The van der Waals surface area contributed by atoms with Crippen LogP contribution in [0, 0.1) is 6.92 Å². The Bertz CT molecular complexity index is 340. The van der Waals surface area contributed by atoms with Crippen LogP contribution in [0.25, 0.3) is 0 Å². The van der Waals surface area contributed by atoms with E-state index in [9.17, 15) is 0 Å². The zero-order valence-corrected chi connectivity index (χ0v) is 10.1. The van der Waals surface area contributed by atoms with Gasteiger partial charge in [0.25, 0.3) is 0 Å². The molecule has 0 bridgehead atoms. The maximum Gasteiger partial charge on any atom is 0.132 e. The summed E-state index contributed by atoms with van der Waals surface area (Å²) in [5.41, 5.74) is 1.04. The van der Waals surface area contributed by atoms with E-state index in [-0.39, 0.29) is 0 Å². The van der Waals surface area contributed by atoms with Crippen molar-refractivity contribution in [3.63, 3.8) is 0 Å². The van der Waals surface area contributed by atoms with Crippen molar-refractivity contribution in [2.75, 3.05) is 24.5 Å². The van der Waals surface area contributed by atoms with Crippen LogP contribution in [0.5, 0.6) is 0 Å². The SMILES string of the molecule is CCNCC1CCCN1c1cc(C)ncn1. The second-order valence-corrected chi connectivity index (χ2v) is 4.31. The molecule has 1 atom stereocenters. The van der Waals surface area contributed by atoms with E-state index in [2.05, 4.69) is 33.2 Å². The third-order valence-electron chi connectivity index (χ3n) is 3.09. The maximum absolute atomic E-state index is 4.37. The number of anilines is 1. The molecular weight excluding hydrogens is 200 g/mol. The molecule has 0 aliphatic carbocycles. The average Bonchev–Trinajstić information content (AvgIpc) is 2.74. The van der Waals surface area contributed by atoms with Gasteiger partial charge in [0.1, 0.15) is 12.1 Å². The molecule has 1 aromatic rings. The number of aromatic nitrogens is 2. The van der Waals surface area contributed by atoms with E-state index >= 15 is 0 Å². The molecule has 16 heavy (non-hydrogen) atoms. The monoisotopic (exact) mass is 220 g/mol.